The van der Waals surface area contributed by atoms with Crippen molar-refractivity contribution >= 4 is 22.4 Å². The lowest BCUT2D eigenvalue weighted by Gasteiger charge is -2.03. The van der Waals surface area contributed by atoms with Gasteiger partial charge in [-0.15, -0.1) is 11.3 Å². The molecule has 0 bridgehead atoms. The third-order valence-corrected chi connectivity index (χ3v) is 3.09. The molecule has 1 amide bonds. The highest BCUT2D eigenvalue weighted by molar-refractivity contribution is 7.13. The highest BCUT2D eigenvalue weighted by Crippen LogP contribution is 2.11. The summed E-state index contributed by atoms with van der Waals surface area (Å²) in [5.74, 6) is -0.0378. The Morgan fingerprint density at radius 1 is 1.50 bits per heavy atom. The molecule has 18 heavy (non-hydrogen) atoms. The fourth-order valence-electron chi connectivity index (χ4n) is 1.52. The number of amides is 1. The van der Waals surface area contributed by atoms with Gasteiger partial charge in [-0.3, -0.25) is 9.78 Å². The minimum Gasteiger partial charge on any atom is -0.375 e. The fourth-order valence-corrected chi connectivity index (χ4v) is 2.09. The maximum atomic E-state index is 11.6. The molecule has 6 heteroatoms. The number of rotatable bonds is 5. The topological polar surface area (TPSA) is 80.9 Å². The summed E-state index contributed by atoms with van der Waals surface area (Å²) in [4.78, 5) is 19.7. The predicted molar refractivity (Wildman–Crippen MR) is 71.2 cm³/mol. The first-order valence-corrected chi connectivity index (χ1v) is 6.47. The van der Waals surface area contributed by atoms with Gasteiger partial charge >= 0.3 is 0 Å². The molecule has 2 rings (SSSR count). The van der Waals surface area contributed by atoms with Crippen LogP contribution in [0.4, 0.5) is 5.13 Å². The summed E-state index contributed by atoms with van der Waals surface area (Å²) in [6.45, 7) is 0.601. The quantitative estimate of drug-likeness (QED) is 0.843. The molecule has 0 aliphatic rings. The van der Waals surface area contributed by atoms with Gasteiger partial charge in [-0.25, -0.2) is 4.98 Å². The first kappa shape index (κ1) is 12.5. The summed E-state index contributed by atoms with van der Waals surface area (Å²) in [5, 5.41) is 5.14. The van der Waals surface area contributed by atoms with Crippen LogP contribution in [0.1, 0.15) is 11.3 Å². The van der Waals surface area contributed by atoms with Gasteiger partial charge in [-0.05, 0) is 18.1 Å². The number of nitrogens with one attached hydrogen (secondary N) is 1. The molecule has 0 fully saturated rings. The van der Waals surface area contributed by atoms with Gasteiger partial charge in [0.05, 0.1) is 12.1 Å². The number of aromatic nitrogens is 2. The van der Waals surface area contributed by atoms with Gasteiger partial charge in [0.1, 0.15) is 0 Å². The molecule has 0 unspecified atom stereocenters. The molecule has 0 spiro atoms. The maximum absolute atomic E-state index is 11.6. The van der Waals surface area contributed by atoms with E-state index in [1.54, 1.807) is 17.8 Å². The van der Waals surface area contributed by atoms with Crippen LogP contribution in [0.15, 0.2) is 29.9 Å². The van der Waals surface area contributed by atoms with Crippen LogP contribution < -0.4 is 11.1 Å². The molecular formula is C12H14N4OS. The lowest BCUT2D eigenvalue weighted by molar-refractivity contribution is -0.120. The van der Waals surface area contributed by atoms with E-state index >= 15 is 0 Å². The second-order valence-electron chi connectivity index (χ2n) is 3.82. The largest absolute Gasteiger partial charge is 0.375 e. The molecule has 0 aliphatic carbocycles. The molecule has 94 valence electrons. The van der Waals surface area contributed by atoms with E-state index in [1.165, 1.54) is 11.3 Å². The van der Waals surface area contributed by atoms with Crippen molar-refractivity contribution in [3.05, 3.63) is 41.2 Å². The Bertz CT molecular complexity index is 512. The number of carbonyl (C=O) groups excluding carboxylic acids is 1. The number of thiazole rings is 1. The van der Waals surface area contributed by atoms with Crippen molar-refractivity contribution < 1.29 is 4.79 Å². The summed E-state index contributed by atoms with van der Waals surface area (Å²) in [6.07, 6.45) is 4.58. The van der Waals surface area contributed by atoms with Gasteiger partial charge < -0.3 is 11.1 Å². The molecule has 0 aliphatic heterocycles. The predicted octanol–water partition coefficient (Wildman–Crippen LogP) is 1.02. The monoisotopic (exact) mass is 262 g/mol. The second-order valence-corrected chi connectivity index (χ2v) is 4.70. The zero-order valence-electron chi connectivity index (χ0n) is 9.80. The highest BCUT2D eigenvalue weighted by atomic mass is 32.1. The Kier molecular flexibility index (Phi) is 4.25. The Balaban J connectivity index is 1.72. The lowest BCUT2D eigenvalue weighted by atomic mass is 10.2. The number of hydrogen-bond acceptors (Lipinski definition) is 5. The number of hydrogen-bond donors (Lipinski definition) is 2. The van der Waals surface area contributed by atoms with Crippen molar-refractivity contribution in [2.75, 3.05) is 12.3 Å². The van der Waals surface area contributed by atoms with E-state index in [4.69, 9.17) is 5.73 Å². The first-order valence-electron chi connectivity index (χ1n) is 5.59. The van der Waals surface area contributed by atoms with Crippen molar-refractivity contribution in [2.24, 2.45) is 0 Å². The molecule has 5 nitrogen and oxygen atoms in total. The normalized spacial score (nSPS) is 10.2. The third kappa shape index (κ3) is 3.81. The molecule has 3 N–H and O–H groups in total. The van der Waals surface area contributed by atoms with Crippen LogP contribution in [0.5, 0.6) is 0 Å². The van der Waals surface area contributed by atoms with Gasteiger partial charge in [0.2, 0.25) is 5.91 Å². The molecule has 0 saturated heterocycles. The third-order valence-electron chi connectivity index (χ3n) is 2.37. The van der Waals surface area contributed by atoms with Gasteiger partial charge in [0.25, 0.3) is 0 Å². The van der Waals surface area contributed by atoms with Gasteiger partial charge in [-0.2, -0.15) is 0 Å². The summed E-state index contributed by atoms with van der Waals surface area (Å²) in [6, 6.07) is 3.87. The van der Waals surface area contributed by atoms with Crippen LogP contribution in [0.3, 0.4) is 0 Å². The molecule has 0 atom stereocenters. The fraction of sp³-hybridized carbons (Fsp3) is 0.250. The highest BCUT2D eigenvalue weighted by Gasteiger charge is 2.05. The van der Waals surface area contributed by atoms with Crippen LogP contribution in [0.25, 0.3) is 0 Å². The molecular weight excluding hydrogens is 248 g/mol. The average Bonchev–Trinajstić information content (AvgIpc) is 2.76. The Morgan fingerprint density at radius 2 is 2.39 bits per heavy atom. The minimum atomic E-state index is -0.0378. The van der Waals surface area contributed by atoms with Crippen molar-refractivity contribution in [3.8, 4) is 0 Å². The van der Waals surface area contributed by atoms with Crippen LogP contribution in [0, 0.1) is 0 Å². The van der Waals surface area contributed by atoms with Gasteiger partial charge in [0.15, 0.2) is 5.13 Å². The zero-order valence-corrected chi connectivity index (χ0v) is 10.6. The van der Waals surface area contributed by atoms with E-state index in [9.17, 15) is 4.79 Å². The number of nitrogens with two attached hydrogens (primary N) is 1. The Labute approximate surface area is 109 Å². The van der Waals surface area contributed by atoms with E-state index < -0.39 is 0 Å². The SMILES string of the molecule is Nc1nc(CC(=O)NCCc2cccnc2)cs1. The molecule has 2 aromatic heterocycles. The van der Waals surface area contributed by atoms with E-state index in [0.717, 1.165) is 17.7 Å². The number of nitrogens with zero attached hydrogens (tertiary/aromatic N) is 2. The van der Waals surface area contributed by atoms with E-state index in [1.807, 2.05) is 12.1 Å². The van der Waals surface area contributed by atoms with Crippen molar-refractivity contribution in [3.63, 3.8) is 0 Å². The molecule has 0 radical (unpaired) electrons. The van der Waals surface area contributed by atoms with Crippen LogP contribution in [-0.2, 0) is 17.6 Å². The van der Waals surface area contributed by atoms with E-state index in [2.05, 4.69) is 15.3 Å². The van der Waals surface area contributed by atoms with Crippen LogP contribution in [0.2, 0.25) is 0 Å². The van der Waals surface area contributed by atoms with Crippen LogP contribution in [-0.4, -0.2) is 22.4 Å². The molecule has 0 aromatic carbocycles. The lowest BCUT2D eigenvalue weighted by Crippen LogP contribution is -2.27. The number of anilines is 1. The zero-order chi connectivity index (χ0) is 12.8. The van der Waals surface area contributed by atoms with Crippen molar-refractivity contribution in [1.82, 2.24) is 15.3 Å². The molecule has 0 saturated carbocycles. The summed E-state index contributed by atoms with van der Waals surface area (Å²) < 4.78 is 0. The summed E-state index contributed by atoms with van der Waals surface area (Å²) in [5.41, 5.74) is 7.33. The smallest absolute Gasteiger partial charge is 0.226 e. The van der Waals surface area contributed by atoms with Gasteiger partial charge in [0, 0.05) is 24.3 Å². The molecule has 2 heterocycles. The Hall–Kier alpha value is -1.95. The number of pyridine rings is 1. The standard InChI is InChI=1S/C12H14N4OS/c13-12-16-10(8-18-12)6-11(17)15-5-3-9-2-1-4-14-7-9/h1-2,4,7-8H,3,5-6H2,(H2,13,16)(H,15,17). The summed E-state index contributed by atoms with van der Waals surface area (Å²) >= 11 is 1.35. The van der Waals surface area contributed by atoms with E-state index in [0.29, 0.717) is 11.7 Å². The average molecular weight is 262 g/mol. The number of nitrogen functional groups attached to an aromatic ring is 1. The van der Waals surface area contributed by atoms with Crippen molar-refractivity contribution in [2.45, 2.75) is 12.8 Å². The number of carbonyl (C=O) groups is 1. The van der Waals surface area contributed by atoms with Crippen molar-refractivity contribution in [1.29, 1.82) is 0 Å². The minimum absolute atomic E-state index is 0.0378. The van der Waals surface area contributed by atoms with Crippen LogP contribution >= 0.6 is 11.3 Å². The van der Waals surface area contributed by atoms with Gasteiger partial charge in [-0.1, -0.05) is 6.07 Å². The Morgan fingerprint density at radius 3 is 3.06 bits per heavy atom. The van der Waals surface area contributed by atoms with E-state index in [-0.39, 0.29) is 12.3 Å². The first-order chi connectivity index (χ1) is 8.74. The second kappa shape index (κ2) is 6.11. The maximum Gasteiger partial charge on any atom is 0.226 e. The summed E-state index contributed by atoms with van der Waals surface area (Å²) in [7, 11) is 0. The molecule has 2 aromatic rings.